The van der Waals surface area contributed by atoms with Gasteiger partial charge in [-0.25, -0.2) is 18.5 Å². The molecule has 0 bridgehead atoms. The van der Waals surface area contributed by atoms with Gasteiger partial charge in [-0.05, 0) is 44.5 Å². The van der Waals surface area contributed by atoms with Crippen LogP contribution in [0.25, 0.3) is 0 Å². The molecule has 0 atom stereocenters. The maximum atomic E-state index is 11.4. The molecule has 1 heterocycles. The minimum Gasteiger partial charge on any atom is -0.487 e. The highest BCUT2D eigenvalue weighted by Crippen LogP contribution is 2.21. The number of aromatic nitrogens is 2. The van der Waals surface area contributed by atoms with Crippen molar-refractivity contribution in [1.82, 2.24) is 9.55 Å². The Morgan fingerprint density at radius 2 is 2.10 bits per heavy atom. The summed E-state index contributed by atoms with van der Waals surface area (Å²) in [5.74, 6) is 0.594. The molecule has 0 aliphatic rings. The minimum absolute atomic E-state index is 0.113. The zero-order valence-corrected chi connectivity index (χ0v) is 13.1. The molecule has 0 saturated heterocycles. The molecule has 0 saturated carbocycles. The average molecular weight is 309 g/mol. The molecule has 0 spiro atoms. The Morgan fingerprint density at radius 1 is 1.38 bits per heavy atom. The molecule has 0 unspecified atom stereocenters. The number of sulfonamides is 1. The van der Waals surface area contributed by atoms with E-state index in [1.165, 1.54) is 6.07 Å². The Kier molecular flexibility index (Phi) is 4.34. The molecule has 2 aromatic rings. The summed E-state index contributed by atoms with van der Waals surface area (Å²) in [5, 5.41) is 5.13. The maximum Gasteiger partial charge on any atom is 0.238 e. The molecule has 0 aliphatic carbocycles. The summed E-state index contributed by atoms with van der Waals surface area (Å²) >= 11 is 0. The third-order valence-corrected chi connectivity index (χ3v) is 4.21. The van der Waals surface area contributed by atoms with E-state index in [1.807, 2.05) is 4.57 Å². The summed E-state index contributed by atoms with van der Waals surface area (Å²) in [5.41, 5.74) is 1.52. The van der Waals surface area contributed by atoms with Gasteiger partial charge in [-0.15, -0.1) is 0 Å². The van der Waals surface area contributed by atoms with Gasteiger partial charge in [0.1, 0.15) is 12.4 Å². The average Bonchev–Trinajstić information content (AvgIpc) is 2.83. The van der Waals surface area contributed by atoms with E-state index in [-0.39, 0.29) is 4.90 Å². The minimum atomic E-state index is -3.70. The van der Waals surface area contributed by atoms with Crippen molar-refractivity contribution in [2.24, 2.45) is 5.14 Å². The van der Waals surface area contributed by atoms with E-state index in [2.05, 4.69) is 18.8 Å². The van der Waals surface area contributed by atoms with Crippen molar-refractivity contribution < 1.29 is 13.2 Å². The number of rotatable bonds is 5. The Labute approximate surface area is 124 Å². The van der Waals surface area contributed by atoms with E-state index in [4.69, 9.17) is 9.88 Å². The number of ether oxygens (including phenoxy) is 1. The third kappa shape index (κ3) is 3.62. The summed E-state index contributed by atoms with van der Waals surface area (Å²) in [4.78, 5) is 4.22. The van der Waals surface area contributed by atoms with Crippen molar-refractivity contribution in [3.8, 4) is 5.75 Å². The molecular weight excluding hydrogens is 290 g/mol. The van der Waals surface area contributed by atoms with Crippen LogP contribution in [0.5, 0.6) is 5.75 Å². The molecule has 2 rings (SSSR count). The summed E-state index contributed by atoms with van der Waals surface area (Å²) < 4.78 is 30.4. The van der Waals surface area contributed by atoms with Crippen molar-refractivity contribution in [3.63, 3.8) is 0 Å². The van der Waals surface area contributed by atoms with Gasteiger partial charge in [-0.2, -0.15) is 0 Å². The van der Waals surface area contributed by atoms with Crippen LogP contribution in [0.3, 0.4) is 0 Å². The number of nitrogens with zero attached hydrogens (tertiary/aromatic N) is 2. The monoisotopic (exact) mass is 309 g/mol. The fraction of sp³-hybridized carbons (Fsp3) is 0.357. The van der Waals surface area contributed by atoms with Crippen LogP contribution in [-0.4, -0.2) is 18.0 Å². The van der Waals surface area contributed by atoms with Gasteiger partial charge < -0.3 is 9.30 Å². The predicted octanol–water partition coefficient (Wildman–Crippen LogP) is 2.00. The first-order valence-corrected chi connectivity index (χ1v) is 8.10. The van der Waals surface area contributed by atoms with E-state index >= 15 is 0 Å². The molecular formula is C14H19N3O3S. The van der Waals surface area contributed by atoms with Crippen molar-refractivity contribution >= 4 is 10.0 Å². The zero-order valence-electron chi connectivity index (χ0n) is 12.3. The lowest BCUT2D eigenvalue weighted by atomic mass is 10.2. The number of hydrogen-bond acceptors (Lipinski definition) is 4. The van der Waals surface area contributed by atoms with Crippen LogP contribution in [0.2, 0.25) is 0 Å². The first-order valence-electron chi connectivity index (χ1n) is 6.56. The lowest BCUT2D eigenvalue weighted by Crippen LogP contribution is -2.13. The van der Waals surface area contributed by atoms with Gasteiger partial charge in [0.05, 0.1) is 23.1 Å². The fourth-order valence-electron chi connectivity index (χ4n) is 2.10. The Morgan fingerprint density at radius 3 is 2.67 bits per heavy atom. The highest BCUT2D eigenvalue weighted by atomic mass is 32.2. The number of nitrogens with two attached hydrogens (primary N) is 1. The lowest BCUT2D eigenvalue weighted by Gasteiger charge is -2.13. The van der Waals surface area contributed by atoms with E-state index in [9.17, 15) is 8.42 Å². The van der Waals surface area contributed by atoms with Crippen LogP contribution in [0.1, 0.15) is 31.1 Å². The highest BCUT2D eigenvalue weighted by Gasteiger charge is 2.12. The quantitative estimate of drug-likeness (QED) is 0.915. The van der Waals surface area contributed by atoms with Crippen LogP contribution in [-0.2, 0) is 16.6 Å². The second-order valence-electron chi connectivity index (χ2n) is 5.15. The Bertz CT molecular complexity index is 736. The Balaban J connectivity index is 2.14. The van der Waals surface area contributed by atoms with Gasteiger partial charge in [0.15, 0.2) is 0 Å². The predicted molar refractivity (Wildman–Crippen MR) is 79.5 cm³/mol. The van der Waals surface area contributed by atoms with Crippen LogP contribution in [0, 0.1) is 6.92 Å². The zero-order chi connectivity index (χ0) is 15.6. The molecule has 1 aromatic carbocycles. The standard InChI is InChI=1S/C14H19N3O3S/c1-10(2)17-9-16-7-12(17)8-20-13-4-5-14(11(3)6-13)21(15,18)19/h4-7,9-10H,8H2,1-3H3,(H2,15,18,19). The first kappa shape index (κ1) is 15.5. The van der Waals surface area contributed by atoms with E-state index in [0.29, 0.717) is 24.0 Å². The highest BCUT2D eigenvalue weighted by molar-refractivity contribution is 7.89. The van der Waals surface area contributed by atoms with Crippen LogP contribution >= 0.6 is 0 Å². The second kappa shape index (κ2) is 5.87. The number of aryl methyl sites for hydroxylation is 1. The number of benzene rings is 1. The van der Waals surface area contributed by atoms with Gasteiger partial charge in [0.2, 0.25) is 10.0 Å². The number of primary sulfonamides is 1. The molecule has 7 heteroatoms. The second-order valence-corrected chi connectivity index (χ2v) is 6.68. The summed E-state index contributed by atoms with van der Waals surface area (Å²) in [6, 6.07) is 5.02. The summed E-state index contributed by atoms with van der Waals surface area (Å²) in [6.45, 7) is 6.18. The van der Waals surface area contributed by atoms with E-state index in [0.717, 1.165) is 5.69 Å². The maximum absolute atomic E-state index is 11.4. The van der Waals surface area contributed by atoms with Gasteiger partial charge in [0.25, 0.3) is 0 Å². The smallest absolute Gasteiger partial charge is 0.238 e. The molecule has 0 aliphatic heterocycles. The van der Waals surface area contributed by atoms with Gasteiger partial charge in [-0.3, -0.25) is 0 Å². The molecule has 0 fully saturated rings. The summed E-state index contributed by atoms with van der Waals surface area (Å²) in [6.07, 6.45) is 3.52. The molecule has 6 nitrogen and oxygen atoms in total. The SMILES string of the molecule is Cc1cc(OCc2cncn2C(C)C)ccc1S(N)(=O)=O. The molecule has 0 amide bonds. The molecule has 1 aromatic heterocycles. The van der Waals surface area contributed by atoms with Crippen molar-refractivity contribution in [1.29, 1.82) is 0 Å². The van der Waals surface area contributed by atoms with Crippen LogP contribution in [0.15, 0.2) is 35.6 Å². The van der Waals surface area contributed by atoms with E-state index in [1.54, 1.807) is 31.6 Å². The first-order chi connectivity index (χ1) is 9.79. The number of hydrogen-bond donors (Lipinski definition) is 1. The van der Waals surface area contributed by atoms with Gasteiger partial charge in [-0.1, -0.05) is 0 Å². The normalized spacial score (nSPS) is 11.9. The third-order valence-electron chi connectivity index (χ3n) is 3.14. The number of imidazole rings is 1. The largest absolute Gasteiger partial charge is 0.487 e. The lowest BCUT2D eigenvalue weighted by molar-refractivity contribution is 0.291. The summed E-state index contributed by atoms with van der Waals surface area (Å²) in [7, 11) is -3.70. The van der Waals surface area contributed by atoms with Crippen molar-refractivity contribution in [3.05, 3.63) is 42.0 Å². The molecule has 114 valence electrons. The Hall–Kier alpha value is -1.86. The topological polar surface area (TPSA) is 87.2 Å². The fourth-order valence-corrected chi connectivity index (χ4v) is 2.86. The molecule has 0 radical (unpaired) electrons. The van der Waals surface area contributed by atoms with Gasteiger partial charge >= 0.3 is 0 Å². The molecule has 21 heavy (non-hydrogen) atoms. The molecule has 2 N–H and O–H groups in total. The van der Waals surface area contributed by atoms with Crippen molar-refractivity contribution in [2.45, 2.75) is 38.3 Å². The van der Waals surface area contributed by atoms with Crippen LogP contribution in [0.4, 0.5) is 0 Å². The van der Waals surface area contributed by atoms with E-state index < -0.39 is 10.0 Å². The van der Waals surface area contributed by atoms with Crippen LogP contribution < -0.4 is 9.88 Å². The van der Waals surface area contributed by atoms with Crippen molar-refractivity contribution in [2.75, 3.05) is 0 Å². The van der Waals surface area contributed by atoms with Gasteiger partial charge in [0, 0.05) is 6.04 Å².